The van der Waals surface area contributed by atoms with Gasteiger partial charge in [0.05, 0.1) is 0 Å². The van der Waals surface area contributed by atoms with E-state index in [1.165, 1.54) is 0 Å². The minimum Gasteiger partial charge on any atom is -0.479 e. The zero-order chi connectivity index (χ0) is 28.8. The molecule has 0 fully saturated rings. The average Bonchev–Trinajstić information content (AvgIpc) is 2.90. The van der Waals surface area contributed by atoms with Crippen molar-refractivity contribution in [2.24, 2.45) is 11.7 Å². The van der Waals surface area contributed by atoms with E-state index in [1.54, 1.807) is 13.8 Å². The van der Waals surface area contributed by atoms with E-state index < -0.39 is 43.3 Å². The van der Waals surface area contributed by atoms with Crippen LogP contribution in [0.1, 0.15) is 50.7 Å². The predicted molar refractivity (Wildman–Crippen MR) is 149 cm³/mol. The van der Waals surface area contributed by atoms with Crippen molar-refractivity contribution in [3.05, 3.63) is 71.8 Å². The molecule has 0 saturated carbocycles. The van der Waals surface area contributed by atoms with Gasteiger partial charge in [0, 0.05) is 12.8 Å². The third-order valence-electron chi connectivity index (χ3n) is 6.17. The molecule has 4 atom stereocenters. The molecule has 11 heteroatoms. The molecule has 2 rings (SSSR count). The lowest BCUT2D eigenvalue weighted by Crippen LogP contribution is -2.52. The summed E-state index contributed by atoms with van der Waals surface area (Å²) in [6, 6.07) is 17.5. The number of carboxylic acid groups (broad SMARTS) is 1. The summed E-state index contributed by atoms with van der Waals surface area (Å²) in [7, 11) is -4.64. The normalized spacial score (nSPS) is 15.1. The van der Waals surface area contributed by atoms with Crippen molar-refractivity contribution in [3.8, 4) is 0 Å². The van der Waals surface area contributed by atoms with E-state index in [0.29, 0.717) is 25.8 Å². The maximum atomic E-state index is 13.4. The van der Waals surface area contributed by atoms with Gasteiger partial charge in [-0.05, 0) is 49.3 Å². The monoisotopic (exact) mass is 561 g/mol. The van der Waals surface area contributed by atoms with Gasteiger partial charge in [-0.25, -0.2) is 4.79 Å². The molecule has 2 aromatic rings. The highest BCUT2D eigenvalue weighted by atomic mass is 31.2. The molecule has 0 aliphatic rings. The van der Waals surface area contributed by atoms with Crippen LogP contribution in [0, 0.1) is 5.92 Å². The van der Waals surface area contributed by atoms with Crippen molar-refractivity contribution in [1.82, 2.24) is 10.6 Å². The van der Waals surface area contributed by atoms with Gasteiger partial charge in [0.25, 0.3) is 0 Å². The first-order valence-corrected chi connectivity index (χ1v) is 14.8. The van der Waals surface area contributed by atoms with Crippen LogP contribution >= 0.6 is 7.60 Å². The molecule has 0 spiro atoms. The van der Waals surface area contributed by atoms with Gasteiger partial charge in [-0.2, -0.15) is 0 Å². The molecule has 2 amide bonds. The third kappa shape index (κ3) is 11.3. The molecule has 0 saturated heterocycles. The summed E-state index contributed by atoms with van der Waals surface area (Å²) >= 11 is 0. The molecule has 0 aromatic heterocycles. The van der Waals surface area contributed by atoms with Gasteiger partial charge >= 0.3 is 13.6 Å². The van der Waals surface area contributed by atoms with E-state index in [4.69, 9.17) is 10.3 Å². The summed E-state index contributed by atoms with van der Waals surface area (Å²) < 4.78 is 18.4. The highest BCUT2D eigenvalue weighted by Crippen LogP contribution is 2.50. The second-order valence-corrected chi connectivity index (χ2v) is 11.7. The topological polar surface area (TPSA) is 168 Å². The van der Waals surface area contributed by atoms with E-state index >= 15 is 0 Å². The van der Waals surface area contributed by atoms with Crippen LogP contribution in [-0.4, -0.2) is 52.3 Å². The summed E-state index contributed by atoms with van der Waals surface area (Å²) in [4.78, 5) is 48.6. The van der Waals surface area contributed by atoms with Crippen molar-refractivity contribution in [1.29, 1.82) is 0 Å². The molecule has 0 aliphatic carbocycles. The molecule has 0 bridgehead atoms. The molecule has 2 unspecified atom stereocenters. The molecule has 214 valence electrons. The lowest BCUT2D eigenvalue weighted by atomic mass is 10.0. The summed E-state index contributed by atoms with van der Waals surface area (Å²) in [5, 5.41) is 14.8. The first-order chi connectivity index (χ1) is 18.5. The third-order valence-corrected chi connectivity index (χ3v) is 8.15. The number of rotatable bonds is 17. The van der Waals surface area contributed by atoms with Crippen molar-refractivity contribution in [2.75, 3.05) is 6.54 Å². The van der Waals surface area contributed by atoms with Crippen LogP contribution in [-0.2, 0) is 36.3 Å². The minimum atomic E-state index is -4.64. The molecule has 39 heavy (non-hydrogen) atoms. The van der Waals surface area contributed by atoms with Crippen LogP contribution in [0.4, 0.5) is 0 Å². The minimum absolute atomic E-state index is 0.00392. The number of hydrogen-bond acceptors (Lipinski definition) is 6. The average molecular weight is 562 g/mol. The smallest absolute Gasteiger partial charge is 0.351 e. The highest BCUT2D eigenvalue weighted by molar-refractivity contribution is 7.53. The number of aliphatic carboxylic acids is 1. The van der Waals surface area contributed by atoms with E-state index in [-0.39, 0.29) is 25.2 Å². The van der Waals surface area contributed by atoms with Gasteiger partial charge < -0.3 is 26.4 Å². The number of carbonyl (C=O) groups excluding carboxylic acids is 2. The summed E-state index contributed by atoms with van der Waals surface area (Å²) in [6.07, 6.45) is 0.218. The Bertz CT molecular complexity index is 1100. The lowest BCUT2D eigenvalue weighted by Gasteiger charge is -2.30. The SMILES string of the molecule is CC(C)C(NC(=O)[C@H](Cc1ccccc1)NC(=O)CCc1ccccc1)P(=O)(O)O[C@H](CCCCN)C(=O)O. The van der Waals surface area contributed by atoms with E-state index in [1.807, 2.05) is 60.7 Å². The van der Waals surface area contributed by atoms with Gasteiger partial charge in [0.2, 0.25) is 11.8 Å². The maximum absolute atomic E-state index is 13.4. The number of amides is 2. The Kier molecular flexibility index (Phi) is 13.3. The van der Waals surface area contributed by atoms with Crippen molar-refractivity contribution in [3.63, 3.8) is 0 Å². The Balaban J connectivity index is 2.17. The van der Waals surface area contributed by atoms with Crippen LogP contribution in [0.15, 0.2) is 60.7 Å². The number of carbonyl (C=O) groups is 3. The maximum Gasteiger partial charge on any atom is 0.351 e. The van der Waals surface area contributed by atoms with Crippen molar-refractivity contribution >= 4 is 25.4 Å². The second-order valence-electron chi connectivity index (χ2n) is 9.77. The van der Waals surface area contributed by atoms with Crippen molar-refractivity contribution < 1.29 is 33.5 Å². The fraction of sp³-hybridized carbons (Fsp3) is 0.464. The second kappa shape index (κ2) is 16.2. The Labute approximate surface area is 229 Å². The van der Waals surface area contributed by atoms with Crippen LogP contribution in [0.25, 0.3) is 0 Å². The summed E-state index contributed by atoms with van der Waals surface area (Å²) in [6.45, 7) is 3.59. The van der Waals surface area contributed by atoms with Crippen LogP contribution in [0.5, 0.6) is 0 Å². The van der Waals surface area contributed by atoms with E-state index in [2.05, 4.69) is 10.6 Å². The number of nitrogens with one attached hydrogen (secondary N) is 2. The van der Waals surface area contributed by atoms with Crippen LogP contribution in [0.2, 0.25) is 0 Å². The van der Waals surface area contributed by atoms with Crippen LogP contribution in [0.3, 0.4) is 0 Å². The number of aryl methyl sites for hydroxylation is 1. The number of benzene rings is 2. The molecule has 2 aromatic carbocycles. The van der Waals surface area contributed by atoms with E-state index in [9.17, 15) is 28.9 Å². The molecular weight excluding hydrogens is 521 g/mol. The zero-order valence-electron chi connectivity index (χ0n) is 22.5. The quantitative estimate of drug-likeness (QED) is 0.145. The Morgan fingerprint density at radius 2 is 1.54 bits per heavy atom. The van der Waals surface area contributed by atoms with Gasteiger partial charge in [-0.15, -0.1) is 0 Å². The largest absolute Gasteiger partial charge is 0.479 e. The molecule has 6 N–H and O–H groups in total. The fourth-order valence-electron chi connectivity index (χ4n) is 4.04. The number of hydrogen-bond donors (Lipinski definition) is 5. The molecule has 0 radical (unpaired) electrons. The molecule has 0 heterocycles. The highest BCUT2D eigenvalue weighted by Gasteiger charge is 2.41. The fourth-order valence-corrected chi connectivity index (χ4v) is 5.78. The van der Waals surface area contributed by atoms with Gasteiger partial charge in [0.15, 0.2) is 6.10 Å². The van der Waals surface area contributed by atoms with E-state index in [0.717, 1.165) is 11.1 Å². The van der Waals surface area contributed by atoms with Crippen LogP contribution < -0.4 is 16.4 Å². The standard InChI is InChI=1S/C28H40N3O7P/c1-20(2)27(39(36,37)38-24(28(34)35)15-9-10-18-29)31-26(33)23(19-22-13-7-4-8-14-22)30-25(32)17-16-21-11-5-3-6-12-21/h3-8,11-14,20,23-24,27H,9-10,15-19,29H2,1-2H3,(H,30,32)(H,31,33)(H,34,35)(H,36,37)/t23-,24+,27?/m0/s1. The van der Waals surface area contributed by atoms with Crippen molar-refractivity contribution in [2.45, 2.75) is 70.3 Å². The lowest BCUT2D eigenvalue weighted by molar-refractivity contribution is -0.145. The van der Waals surface area contributed by atoms with Gasteiger partial charge in [-0.3, -0.25) is 18.7 Å². The number of nitrogens with two attached hydrogens (primary N) is 1. The summed E-state index contributed by atoms with van der Waals surface area (Å²) in [5.74, 6) is -4.35. The number of carboxylic acids is 1. The molecule has 0 aliphatic heterocycles. The van der Waals surface area contributed by atoms with Gasteiger partial charge in [0.1, 0.15) is 11.8 Å². The first kappa shape index (κ1) is 32.2. The zero-order valence-corrected chi connectivity index (χ0v) is 23.4. The Hall–Kier alpha value is -3.04. The Morgan fingerprint density at radius 1 is 0.949 bits per heavy atom. The molecule has 10 nitrogen and oxygen atoms in total. The Morgan fingerprint density at radius 3 is 2.08 bits per heavy atom. The predicted octanol–water partition coefficient (Wildman–Crippen LogP) is 3.23. The molecular formula is C28H40N3O7P. The summed E-state index contributed by atoms with van der Waals surface area (Å²) in [5.41, 5.74) is 7.23. The van der Waals surface area contributed by atoms with Gasteiger partial charge in [-0.1, -0.05) is 74.5 Å². The first-order valence-electron chi connectivity index (χ1n) is 13.1. The number of unbranched alkanes of at least 4 members (excludes halogenated alkanes) is 1.